The summed E-state index contributed by atoms with van der Waals surface area (Å²) >= 11 is 0. The van der Waals surface area contributed by atoms with Crippen molar-refractivity contribution in [3.63, 3.8) is 0 Å². The number of aromatic amines is 1. The van der Waals surface area contributed by atoms with Gasteiger partial charge in [0, 0.05) is 19.5 Å². The first kappa shape index (κ1) is 13.1. The highest BCUT2D eigenvalue weighted by molar-refractivity contribution is 5.86. The van der Waals surface area contributed by atoms with E-state index in [-0.39, 0.29) is 5.91 Å². The number of nitrogens with zero attached hydrogens (tertiary/aromatic N) is 3. The molecule has 0 atom stereocenters. The number of hydrogen-bond donors (Lipinski definition) is 4. The lowest BCUT2D eigenvalue weighted by molar-refractivity contribution is -0.118. The Balaban J connectivity index is 2.11. The first-order valence-corrected chi connectivity index (χ1v) is 6.18. The summed E-state index contributed by atoms with van der Waals surface area (Å²) in [5, 5.41) is 13.8. The molecule has 0 aliphatic carbocycles. The Morgan fingerprint density at radius 1 is 1.42 bits per heavy atom. The lowest BCUT2D eigenvalue weighted by atomic mass is 10.3. The molecule has 2 heterocycles. The van der Waals surface area contributed by atoms with Gasteiger partial charge in [-0.15, -0.1) is 0 Å². The van der Waals surface area contributed by atoms with Crippen molar-refractivity contribution in [3.05, 3.63) is 6.20 Å². The Morgan fingerprint density at radius 2 is 2.26 bits per heavy atom. The third kappa shape index (κ3) is 3.30. The van der Waals surface area contributed by atoms with Gasteiger partial charge in [-0.05, 0) is 13.3 Å². The smallest absolute Gasteiger partial charge is 0.226 e. The van der Waals surface area contributed by atoms with E-state index >= 15 is 0 Å². The molecule has 0 unspecified atom stereocenters. The summed E-state index contributed by atoms with van der Waals surface area (Å²) in [5.74, 6) is 0.933. The van der Waals surface area contributed by atoms with E-state index in [1.54, 1.807) is 6.20 Å². The lowest BCUT2D eigenvalue weighted by Gasteiger charge is -2.08. The average molecular weight is 263 g/mol. The van der Waals surface area contributed by atoms with Crippen LogP contribution in [0.1, 0.15) is 19.8 Å². The largest absolute Gasteiger partial charge is 0.370 e. The SMILES string of the molecule is CCNc1nc(NCCCC(N)=O)c2cn[nH]c2n1. The lowest BCUT2D eigenvalue weighted by Crippen LogP contribution is -2.13. The van der Waals surface area contributed by atoms with Gasteiger partial charge >= 0.3 is 0 Å². The van der Waals surface area contributed by atoms with E-state index in [2.05, 4.69) is 30.8 Å². The number of aromatic nitrogens is 4. The van der Waals surface area contributed by atoms with Crippen LogP contribution in [0, 0.1) is 0 Å². The number of nitrogens with two attached hydrogens (primary N) is 1. The minimum absolute atomic E-state index is 0.300. The van der Waals surface area contributed by atoms with Gasteiger partial charge in [-0.1, -0.05) is 0 Å². The molecule has 0 saturated heterocycles. The molecular formula is C11H17N7O. The molecule has 5 N–H and O–H groups in total. The predicted molar refractivity (Wildman–Crippen MR) is 72.8 cm³/mol. The molecule has 0 aliphatic rings. The maximum atomic E-state index is 10.7. The van der Waals surface area contributed by atoms with Crippen LogP contribution < -0.4 is 16.4 Å². The van der Waals surface area contributed by atoms with Gasteiger partial charge in [0.05, 0.1) is 11.6 Å². The highest BCUT2D eigenvalue weighted by Gasteiger charge is 2.08. The molecule has 0 saturated carbocycles. The number of hydrogen-bond acceptors (Lipinski definition) is 6. The Kier molecular flexibility index (Phi) is 4.11. The van der Waals surface area contributed by atoms with E-state index < -0.39 is 0 Å². The Bertz CT molecular complexity index is 565. The van der Waals surface area contributed by atoms with E-state index in [4.69, 9.17) is 5.73 Å². The van der Waals surface area contributed by atoms with E-state index in [1.165, 1.54) is 0 Å². The molecule has 19 heavy (non-hydrogen) atoms. The van der Waals surface area contributed by atoms with Gasteiger partial charge < -0.3 is 16.4 Å². The van der Waals surface area contributed by atoms with Gasteiger partial charge in [-0.3, -0.25) is 9.89 Å². The Labute approximate surface area is 110 Å². The molecule has 0 radical (unpaired) electrons. The topological polar surface area (TPSA) is 122 Å². The number of carbonyl (C=O) groups is 1. The molecule has 8 nitrogen and oxygen atoms in total. The maximum Gasteiger partial charge on any atom is 0.226 e. The van der Waals surface area contributed by atoms with E-state index in [0.29, 0.717) is 36.8 Å². The van der Waals surface area contributed by atoms with Crippen molar-refractivity contribution in [1.82, 2.24) is 20.2 Å². The van der Waals surface area contributed by atoms with E-state index in [9.17, 15) is 4.79 Å². The van der Waals surface area contributed by atoms with Crippen LogP contribution in [0.3, 0.4) is 0 Å². The molecule has 8 heteroatoms. The number of nitrogens with one attached hydrogen (secondary N) is 3. The van der Waals surface area contributed by atoms with Crippen LogP contribution in [0.5, 0.6) is 0 Å². The number of fused-ring (bicyclic) bond motifs is 1. The summed E-state index contributed by atoms with van der Waals surface area (Å²) in [6.45, 7) is 3.33. The maximum absolute atomic E-state index is 10.7. The van der Waals surface area contributed by atoms with Crippen molar-refractivity contribution in [2.45, 2.75) is 19.8 Å². The summed E-state index contributed by atoms with van der Waals surface area (Å²) in [6.07, 6.45) is 2.68. The quantitative estimate of drug-likeness (QED) is 0.538. The van der Waals surface area contributed by atoms with E-state index in [1.807, 2.05) is 6.92 Å². The number of anilines is 2. The van der Waals surface area contributed by atoms with Gasteiger partial charge in [0.25, 0.3) is 0 Å². The predicted octanol–water partition coefficient (Wildman–Crippen LogP) is 0.462. The standard InChI is InChI=1S/C11H17N7O/c1-2-13-11-16-9(14-5-3-4-8(12)19)7-6-15-18-10(7)17-11/h6H,2-5H2,1H3,(H2,12,19)(H3,13,14,15,16,17,18). The highest BCUT2D eigenvalue weighted by atomic mass is 16.1. The molecule has 102 valence electrons. The van der Waals surface area contributed by atoms with E-state index in [0.717, 1.165) is 11.9 Å². The molecular weight excluding hydrogens is 246 g/mol. The molecule has 2 rings (SSSR count). The highest BCUT2D eigenvalue weighted by Crippen LogP contribution is 2.19. The molecule has 0 aromatic carbocycles. The van der Waals surface area contributed by atoms with Crippen LogP contribution in [0.25, 0.3) is 11.0 Å². The molecule has 0 bridgehead atoms. The van der Waals surface area contributed by atoms with Crippen molar-refractivity contribution < 1.29 is 4.79 Å². The molecule has 0 aliphatic heterocycles. The van der Waals surface area contributed by atoms with Crippen molar-refractivity contribution in [2.24, 2.45) is 5.73 Å². The third-order valence-corrected chi connectivity index (χ3v) is 2.54. The summed E-state index contributed by atoms with van der Waals surface area (Å²) in [6, 6.07) is 0. The zero-order valence-electron chi connectivity index (χ0n) is 10.7. The second kappa shape index (κ2) is 5.98. The zero-order chi connectivity index (χ0) is 13.7. The van der Waals surface area contributed by atoms with Crippen LogP contribution in [-0.4, -0.2) is 39.2 Å². The summed E-state index contributed by atoms with van der Waals surface area (Å²) < 4.78 is 0. The molecule has 2 aromatic rings. The molecule has 0 fully saturated rings. The number of primary amides is 1. The van der Waals surface area contributed by atoms with Crippen molar-refractivity contribution >= 4 is 28.7 Å². The molecule has 2 aromatic heterocycles. The third-order valence-electron chi connectivity index (χ3n) is 2.54. The molecule has 1 amide bonds. The van der Waals surface area contributed by atoms with Gasteiger partial charge in [-0.2, -0.15) is 15.1 Å². The van der Waals surface area contributed by atoms with Crippen molar-refractivity contribution in [3.8, 4) is 0 Å². The second-order valence-electron chi connectivity index (χ2n) is 4.06. The first-order chi connectivity index (χ1) is 9.20. The van der Waals surface area contributed by atoms with Gasteiger partial charge in [0.1, 0.15) is 5.82 Å². The second-order valence-corrected chi connectivity index (χ2v) is 4.06. The minimum Gasteiger partial charge on any atom is -0.370 e. The fraction of sp³-hybridized carbons (Fsp3) is 0.455. The number of H-pyrrole nitrogens is 1. The van der Waals surface area contributed by atoms with Crippen LogP contribution in [0.15, 0.2) is 6.20 Å². The number of amides is 1. The molecule has 0 spiro atoms. The van der Waals surface area contributed by atoms with Crippen LogP contribution >= 0.6 is 0 Å². The number of carbonyl (C=O) groups excluding carboxylic acids is 1. The Hall–Kier alpha value is -2.38. The zero-order valence-corrected chi connectivity index (χ0v) is 10.7. The summed E-state index contributed by atoms with van der Waals surface area (Å²) in [4.78, 5) is 19.3. The fourth-order valence-electron chi connectivity index (χ4n) is 1.68. The fourth-order valence-corrected chi connectivity index (χ4v) is 1.68. The van der Waals surface area contributed by atoms with Gasteiger partial charge in [0.2, 0.25) is 11.9 Å². The first-order valence-electron chi connectivity index (χ1n) is 6.18. The van der Waals surface area contributed by atoms with Gasteiger partial charge in [0.15, 0.2) is 5.65 Å². The minimum atomic E-state index is -0.300. The van der Waals surface area contributed by atoms with Crippen LogP contribution in [0.4, 0.5) is 11.8 Å². The Morgan fingerprint density at radius 3 is 3.00 bits per heavy atom. The van der Waals surface area contributed by atoms with Gasteiger partial charge in [-0.25, -0.2) is 0 Å². The number of rotatable bonds is 7. The van der Waals surface area contributed by atoms with Crippen LogP contribution in [-0.2, 0) is 4.79 Å². The van der Waals surface area contributed by atoms with Crippen LogP contribution in [0.2, 0.25) is 0 Å². The monoisotopic (exact) mass is 263 g/mol. The summed E-state index contributed by atoms with van der Waals surface area (Å²) in [5.41, 5.74) is 5.76. The van der Waals surface area contributed by atoms with Crippen molar-refractivity contribution in [2.75, 3.05) is 23.7 Å². The normalized spacial score (nSPS) is 10.6. The van der Waals surface area contributed by atoms with Crippen molar-refractivity contribution in [1.29, 1.82) is 0 Å². The average Bonchev–Trinajstić information content (AvgIpc) is 2.83. The summed E-state index contributed by atoms with van der Waals surface area (Å²) in [7, 11) is 0.